The van der Waals surface area contributed by atoms with Crippen molar-refractivity contribution in [1.29, 1.82) is 0 Å². The molecule has 0 unspecified atom stereocenters. The predicted octanol–water partition coefficient (Wildman–Crippen LogP) is 2.62. The highest BCUT2D eigenvalue weighted by Gasteiger charge is 2.12. The fourth-order valence-electron chi connectivity index (χ4n) is 2.00. The Morgan fingerprint density at radius 3 is 2.65 bits per heavy atom. The van der Waals surface area contributed by atoms with Crippen molar-refractivity contribution in [1.82, 2.24) is 20.2 Å². The average molecular weight is 286 g/mol. The van der Waals surface area contributed by atoms with Crippen molar-refractivity contribution in [2.24, 2.45) is 0 Å². The number of rotatable bonds is 3. The Morgan fingerprint density at radius 1 is 1.10 bits per heavy atom. The van der Waals surface area contributed by atoms with Crippen LogP contribution in [-0.4, -0.2) is 20.2 Å². The molecule has 20 heavy (non-hydrogen) atoms. The summed E-state index contributed by atoms with van der Waals surface area (Å²) in [6, 6.07) is 15.3. The number of tetrazole rings is 1. The zero-order valence-electron chi connectivity index (χ0n) is 10.6. The zero-order valence-corrected chi connectivity index (χ0v) is 11.3. The van der Waals surface area contributed by atoms with Crippen molar-refractivity contribution in [2.45, 2.75) is 6.54 Å². The van der Waals surface area contributed by atoms with Crippen molar-refractivity contribution in [3.63, 3.8) is 0 Å². The molecule has 2 aromatic carbocycles. The fraction of sp³-hybridized carbons (Fsp3) is 0.0714. The van der Waals surface area contributed by atoms with Gasteiger partial charge in [0.2, 0.25) is 0 Å². The maximum absolute atomic E-state index is 5.98. The van der Waals surface area contributed by atoms with Gasteiger partial charge in [0.25, 0.3) is 0 Å². The molecule has 0 radical (unpaired) electrons. The number of nitrogen functional groups attached to an aromatic ring is 1. The van der Waals surface area contributed by atoms with Gasteiger partial charge in [-0.15, -0.1) is 5.10 Å². The first-order valence-electron chi connectivity index (χ1n) is 6.09. The van der Waals surface area contributed by atoms with E-state index >= 15 is 0 Å². The molecule has 0 fully saturated rings. The molecule has 1 aromatic heterocycles. The summed E-state index contributed by atoms with van der Waals surface area (Å²) >= 11 is 5.91. The highest BCUT2D eigenvalue weighted by atomic mass is 35.5. The van der Waals surface area contributed by atoms with E-state index in [-0.39, 0.29) is 0 Å². The minimum Gasteiger partial charge on any atom is -0.398 e. The lowest BCUT2D eigenvalue weighted by Gasteiger charge is -2.07. The fourth-order valence-corrected chi connectivity index (χ4v) is 2.18. The normalized spacial score (nSPS) is 10.7. The van der Waals surface area contributed by atoms with E-state index in [0.717, 1.165) is 11.1 Å². The van der Waals surface area contributed by atoms with E-state index in [1.165, 1.54) is 0 Å². The van der Waals surface area contributed by atoms with Gasteiger partial charge in [-0.2, -0.15) is 0 Å². The van der Waals surface area contributed by atoms with Crippen LogP contribution < -0.4 is 5.73 Å². The van der Waals surface area contributed by atoms with Gasteiger partial charge in [-0.3, -0.25) is 0 Å². The third-order valence-corrected chi connectivity index (χ3v) is 3.20. The van der Waals surface area contributed by atoms with Crippen LogP contribution in [0.5, 0.6) is 0 Å². The Balaban J connectivity index is 1.98. The molecule has 0 amide bonds. The van der Waals surface area contributed by atoms with E-state index in [1.54, 1.807) is 16.8 Å². The minimum absolute atomic E-state index is 0.557. The Labute approximate surface area is 121 Å². The number of halogens is 1. The van der Waals surface area contributed by atoms with Crippen LogP contribution in [0.1, 0.15) is 5.56 Å². The van der Waals surface area contributed by atoms with E-state index in [1.807, 2.05) is 36.4 Å². The molecular weight excluding hydrogens is 274 g/mol. The minimum atomic E-state index is 0.557. The van der Waals surface area contributed by atoms with Crippen LogP contribution in [0.4, 0.5) is 5.69 Å². The number of nitrogens with two attached hydrogens (primary N) is 1. The molecule has 0 aliphatic heterocycles. The van der Waals surface area contributed by atoms with Gasteiger partial charge in [0.05, 0.1) is 6.54 Å². The van der Waals surface area contributed by atoms with Gasteiger partial charge < -0.3 is 5.73 Å². The lowest BCUT2D eigenvalue weighted by Crippen LogP contribution is -2.05. The van der Waals surface area contributed by atoms with Crippen LogP contribution in [0.2, 0.25) is 5.02 Å². The number of hydrogen-bond acceptors (Lipinski definition) is 4. The summed E-state index contributed by atoms with van der Waals surface area (Å²) in [5.41, 5.74) is 8.43. The second-order valence-electron chi connectivity index (χ2n) is 4.38. The lowest BCUT2D eigenvalue weighted by atomic mass is 10.1. The van der Waals surface area contributed by atoms with Crippen molar-refractivity contribution in [3.05, 3.63) is 59.1 Å². The van der Waals surface area contributed by atoms with Crippen LogP contribution >= 0.6 is 11.6 Å². The lowest BCUT2D eigenvalue weighted by molar-refractivity contribution is 0.653. The highest BCUT2D eigenvalue weighted by molar-refractivity contribution is 6.31. The molecule has 100 valence electrons. The molecule has 0 aliphatic carbocycles. The standard InChI is InChI=1S/C14H12ClN5/c15-11-6-7-12(13(16)8-11)14-17-18-19-20(14)9-10-4-2-1-3-5-10/h1-8H,9,16H2. The molecule has 3 rings (SSSR count). The molecule has 2 N–H and O–H groups in total. The first-order chi connectivity index (χ1) is 9.74. The summed E-state index contributed by atoms with van der Waals surface area (Å²) in [6.07, 6.45) is 0. The van der Waals surface area contributed by atoms with E-state index in [4.69, 9.17) is 17.3 Å². The van der Waals surface area contributed by atoms with E-state index in [0.29, 0.717) is 23.1 Å². The molecule has 6 heteroatoms. The highest BCUT2D eigenvalue weighted by Crippen LogP contribution is 2.26. The summed E-state index contributed by atoms with van der Waals surface area (Å²) in [7, 11) is 0. The summed E-state index contributed by atoms with van der Waals surface area (Å²) in [5, 5.41) is 12.4. The van der Waals surface area contributed by atoms with Crippen LogP contribution in [-0.2, 0) is 6.54 Å². The van der Waals surface area contributed by atoms with Crippen LogP contribution in [0.3, 0.4) is 0 Å². The second-order valence-corrected chi connectivity index (χ2v) is 4.81. The largest absolute Gasteiger partial charge is 0.398 e. The van der Waals surface area contributed by atoms with Gasteiger partial charge in [0, 0.05) is 16.3 Å². The third kappa shape index (κ3) is 2.48. The molecule has 0 aliphatic rings. The van der Waals surface area contributed by atoms with Crippen molar-refractivity contribution < 1.29 is 0 Å². The van der Waals surface area contributed by atoms with Gasteiger partial charge in [-0.05, 0) is 34.2 Å². The van der Waals surface area contributed by atoms with E-state index in [9.17, 15) is 0 Å². The molecule has 3 aromatic rings. The SMILES string of the molecule is Nc1cc(Cl)ccc1-c1nnnn1Cc1ccccc1. The van der Waals surface area contributed by atoms with Crippen LogP contribution in [0.25, 0.3) is 11.4 Å². The molecule has 1 heterocycles. The van der Waals surface area contributed by atoms with Crippen molar-refractivity contribution in [2.75, 3.05) is 5.73 Å². The van der Waals surface area contributed by atoms with Crippen LogP contribution in [0, 0.1) is 0 Å². The van der Waals surface area contributed by atoms with Gasteiger partial charge in [0.15, 0.2) is 5.82 Å². The molecule has 5 nitrogen and oxygen atoms in total. The molecular formula is C14H12ClN5. The third-order valence-electron chi connectivity index (χ3n) is 2.96. The zero-order chi connectivity index (χ0) is 13.9. The molecule has 0 atom stereocenters. The van der Waals surface area contributed by atoms with Crippen LogP contribution in [0.15, 0.2) is 48.5 Å². The summed E-state index contributed by atoms with van der Waals surface area (Å²) in [6.45, 7) is 0.589. The maximum atomic E-state index is 5.98. The Morgan fingerprint density at radius 2 is 1.90 bits per heavy atom. The smallest absolute Gasteiger partial charge is 0.184 e. The number of nitrogens with zero attached hydrogens (tertiary/aromatic N) is 4. The molecule has 0 saturated heterocycles. The molecule has 0 saturated carbocycles. The van der Waals surface area contributed by atoms with Crippen molar-refractivity contribution in [3.8, 4) is 11.4 Å². The summed E-state index contributed by atoms with van der Waals surface area (Å²) in [4.78, 5) is 0. The average Bonchev–Trinajstić information content (AvgIpc) is 2.88. The molecule has 0 spiro atoms. The van der Waals surface area contributed by atoms with E-state index in [2.05, 4.69) is 15.5 Å². The summed E-state index contributed by atoms with van der Waals surface area (Å²) in [5.74, 6) is 0.628. The maximum Gasteiger partial charge on any atom is 0.184 e. The number of aromatic nitrogens is 4. The second kappa shape index (κ2) is 5.30. The number of benzene rings is 2. The van der Waals surface area contributed by atoms with Gasteiger partial charge in [0.1, 0.15) is 0 Å². The van der Waals surface area contributed by atoms with Crippen molar-refractivity contribution >= 4 is 17.3 Å². The van der Waals surface area contributed by atoms with Gasteiger partial charge in [-0.25, -0.2) is 4.68 Å². The van der Waals surface area contributed by atoms with E-state index < -0.39 is 0 Å². The first kappa shape index (κ1) is 12.6. The topological polar surface area (TPSA) is 69.6 Å². The van der Waals surface area contributed by atoms with Gasteiger partial charge >= 0.3 is 0 Å². The van der Waals surface area contributed by atoms with Gasteiger partial charge in [-0.1, -0.05) is 41.9 Å². The monoisotopic (exact) mass is 285 g/mol. The number of hydrogen-bond donors (Lipinski definition) is 1. The number of anilines is 1. The quantitative estimate of drug-likeness (QED) is 0.751. The Bertz CT molecular complexity index is 723. The summed E-state index contributed by atoms with van der Waals surface area (Å²) < 4.78 is 1.72. The molecule has 0 bridgehead atoms. The first-order valence-corrected chi connectivity index (χ1v) is 6.47. The Hall–Kier alpha value is -2.40. The Kier molecular flexibility index (Phi) is 3.35. The predicted molar refractivity (Wildman–Crippen MR) is 78.2 cm³/mol.